The van der Waals surface area contributed by atoms with Gasteiger partial charge in [-0.1, -0.05) is 57.6 Å². The van der Waals surface area contributed by atoms with Crippen LogP contribution in [0.2, 0.25) is 0 Å². The van der Waals surface area contributed by atoms with Gasteiger partial charge < -0.3 is 39.0 Å². The molecule has 3 aliphatic heterocycles. The van der Waals surface area contributed by atoms with E-state index in [1.165, 1.54) is 6.92 Å². The third-order valence-corrected chi connectivity index (χ3v) is 10.6. The van der Waals surface area contributed by atoms with Gasteiger partial charge in [-0.15, -0.1) is 0 Å². The normalized spacial score (nSPS) is 50.0. The average Bonchev–Trinajstić information content (AvgIpc) is 3.57. The van der Waals surface area contributed by atoms with Crippen molar-refractivity contribution in [3.63, 3.8) is 0 Å². The van der Waals surface area contributed by atoms with Crippen molar-refractivity contribution >= 4 is 11.8 Å². The molecule has 0 amide bonds. The van der Waals surface area contributed by atoms with Gasteiger partial charge in [-0.05, 0) is 37.8 Å². The van der Waals surface area contributed by atoms with Crippen molar-refractivity contribution < 1.29 is 48.6 Å². The van der Waals surface area contributed by atoms with E-state index in [1.807, 2.05) is 19.1 Å². The van der Waals surface area contributed by atoms with Crippen molar-refractivity contribution in [1.82, 2.24) is 0 Å². The lowest BCUT2D eigenvalue weighted by molar-refractivity contribution is -0.407. The first-order valence-electron chi connectivity index (χ1n) is 15.0. The van der Waals surface area contributed by atoms with E-state index in [-0.39, 0.29) is 5.57 Å². The van der Waals surface area contributed by atoms with Crippen LogP contribution in [-0.2, 0) is 33.3 Å². The molecule has 230 valence electrons. The molecular formula is C32H42O10. The molecule has 0 aromatic heterocycles. The number of unbranched alkanes of at least 4 members (excludes halogenated alkanes) is 3. The molecule has 6 rings (SSSR count). The first-order chi connectivity index (χ1) is 19.8. The Morgan fingerprint density at radius 3 is 2.55 bits per heavy atom. The van der Waals surface area contributed by atoms with E-state index in [9.17, 15) is 24.9 Å². The number of hydrogen-bond acceptors (Lipinski definition) is 10. The Kier molecular flexibility index (Phi) is 6.87. The minimum atomic E-state index is -2.38. The van der Waals surface area contributed by atoms with Crippen molar-refractivity contribution in [2.24, 2.45) is 17.8 Å². The maximum absolute atomic E-state index is 13.7. The van der Waals surface area contributed by atoms with Crippen LogP contribution in [0.5, 0.6) is 0 Å². The van der Waals surface area contributed by atoms with E-state index >= 15 is 0 Å². The zero-order valence-corrected chi connectivity index (χ0v) is 24.9. The molecule has 10 heteroatoms. The summed E-state index contributed by atoms with van der Waals surface area (Å²) in [4.78, 5) is 26.2. The molecule has 0 radical (unpaired) electrons. The maximum Gasteiger partial charge on any atom is 0.307 e. The number of aliphatic hydroxyl groups excluding tert-OH is 2. The molecule has 3 heterocycles. The maximum atomic E-state index is 13.7. The Morgan fingerprint density at radius 2 is 1.90 bits per heavy atom. The number of ether oxygens (including phenoxy) is 5. The van der Waals surface area contributed by atoms with Crippen LogP contribution in [-0.4, -0.2) is 86.5 Å². The molecule has 3 saturated heterocycles. The quantitative estimate of drug-likeness (QED) is 0.121. The number of fused-ring (bicyclic) bond motifs is 3. The summed E-state index contributed by atoms with van der Waals surface area (Å²) in [6.07, 6.45) is 8.71. The predicted octanol–water partition coefficient (Wildman–Crippen LogP) is 2.41. The molecule has 10 nitrogen and oxygen atoms in total. The van der Waals surface area contributed by atoms with E-state index in [2.05, 4.69) is 13.5 Å². The second-order valence-corrected chi connectivity index (χ2v) is 12.9. The molecule has 3 bridgehead atoms. The Hall–Kier alpha value is -2.18. The van der Waals surface area contributed by atoms with Gasteiger partial charge in [0.15, 0.2) is 17.0 Å². The molecule has 12 atom stereocenters. The number of allylic oxidation sites excluding steroid dienone is 3. The highest BCUT2D eigenvalue weighted by atomic mass is 16.9. The van der Waals surface area contributed by atoms with Crippen molar-refractivity contribution in [2.45, 2.75) is 113 Å². The highest BCUT2D eigenvalue weighted by molar-refractivity contribution is 6.05. The van der Waals surface area contributed by atoms with Crippen molar-refractivity contribution in [3.05, 3.63) is 48.1 Å². The van der Waals surface area contributed by atoms with Crippen molar-refractivity contribution in [1.29, 1.82) is 0 Å². The topological polar surface area (TPSA) is 144 Å². The fourth-order valence-electron chi connectivity index (χ4n) is 8.66. The van der Waals surface area contributed by atoms with Crippen molar-refractivity contribution in [2.75, 3.05) is 6.61 Å². The van der Waals surface area contributed by atoms with Crippen LogP contribution in [0.15, 0.2) is 48.1 Å². The molecule has 3 aliphatic carbocycles. The smallest absolute Gasteiger partial charge is 0.307 e. The Bertz CT molecular complexity index is 1290. The number of carbonyl (C=O) groups excluding carboxylic acids is 2. The summed E-state index contributed by atoms with van der Waals surface area (Å²) in [7, 11) is 0. The number of ketones is 1. The van der Waals surface area contributed by atoms with E-state index in [0.717, 1.165) is 25.7 Å². The minimum absolute atomic E-state index is 0.248. The number of rotatable bonds is 9. The van der Waals surface area contributed by atoms with Gasteiger partial charge in [0.05, 0.1) is 12.2 Å². The monoisotopic (exact) mass is 586 g/mol. The third kappa shape index (κ3) is 3.51. The summed E-state index contributed by atoms with van der Waals surface area (Å²) in [5.74, 6) is -5.58. The number of hydrogen-bond donors (Lipinski definition) is 3. The van der Waals surface area contributed by atoms with Gasteiger partial charge in [-0.25, -0.2) is 0 Å². The van der Waals surface area contributed by atoms with Crippen LogP contribution < -0.4 is 0 Å². The number of esters is 1. The molecule has 3 N–H and O–H groups in total. The zero-order chi connectivity index (χ0) is 30.5. The summed E-state index contributed by atoms with van der Waals surface area (Å²) in [5.41, 5.74) is -6.12. The molecule has 2 saturated carbocycles. The van der Waals surface area contributed by atoms with Crippen LogP contribution in [0.25, 0.3) is 0 Å². The molecular weight excluding hydrogens is 544 g/mol. The Balaban J connectivity index is 1.55. The predicted molar refractivity (Wildman–Crippen MR) is 149 cm³/mol. The van der Waals surface area contributed by atoms with Gasteiger partial charge in [0.2, 0.25) is 0 Å². The first-order valence-corrected chi connectivity index (χ1v) is 15.0. The largest absolute Gasteiger partial charge is 0.459 e. The van der Waals surface area contributed by atoms with Crippen LogP contribution in [0.1, 0.15) is 60.3 Å². The number of epoxide rings is 1. The Morgan fingerprint density at radius 1 is 1.17 bits per heavy atom. The van der Waals surface area contributed by atoms with Gasteiger partial charge in [-0.2, -0.15) is 0 Å². The zero-order valence-electron chi connectivity index (χ0n) is 24.9. The van der Waals surface area contributed by atoms with Crippen LogP contribution in [0, 0.1) is 17.8 Å². The standard InChI is InChI=1S/C32H42O10/c1-7-8-9-10-11-12-13-14-29-40-26-22-25-28(16-33,39-25)27(36)30(37)21(15-18(4)23(30)35)32(22,42-29)19(5)24(38-20(6)34)31(26,41-29)17(2)3/h11-15,19,21-22,24-27,33,36-37H,2,7-10,16H2,1,3-6H3/b12-11-,14-13+/t19-,21-,22+,24-,25+,26-,27-,28+,29-,30-,31+,32+/m1/s1. The summed E-state index contributed by atoms with van der Waals surface area (Å²) < 4.78 is 32.4. The SMILES string of the molecule is C=C(C)[C@@]12O[C@@]3(/C=C/C=C\CCCCC)O[C@@H]1[C@@H]1[C@@H]4O[C@]4(CO)[C@@H](O)[C@]4(O)C(=O)C(C)=C[C@H]4[C@@]1(O3)[C@H](C)[C@H]2OC(C)=O. The molecule has 6 aliphatic rings. The fourth-order valence-corrected chi connectivity index (χ4v) is 8.66. The van der Waals surface area contributed by atoms with E-state index < -0.39 is 88.9 Å². The lowest BCUT2D eigenvalue weighted by Gasteiger charge is -2.61. The van der Waals surface area contributed by atoms with Crippen LogP contribution in [0.4, 0.5) is 0 Å². The molecule has 0 aromatic carbocycles. The van der Waals surface area contributed by atoms with Gasteiger partial charge in [-0.3, -0.25) is 9.59 Å². The van der Waals surface area contributed by atoms with Crippen molar-refractivity contribution in [3.8, 4) is 0 Å². The second kappa shape index (κ2) is 9.66. The minimum Gasteiger partial charge on any atom is -0.459 e. The number of aliphatic hydroxyl groups is 3. The molecule has 0 spiro atoms. The van der Waals surface area contributed by atoms with E-state index in [1.54, 1.807) is 32.1 Å². The van der Waals surface area contributed by atoms with E-state index in [4.69, 9.17) is 23.7 Å². The third-order valence-electron chi connectivity index (χ3n) is 10.6. The summed E-state index contributed by atoms with van der Waals surface area (Å²) in [6, 6.07) is 0. The highest BCUT2D eigenvalue weighted by Crippen LogP contribution is 2.73. The second-order valence-electron chi connectivity index (χ2n) is 12.9. The average molecular weight is 587 g/mol. The van der Waals surface area contributed by atoms with Gasteiger partial charge in [0.25, 0.3) is 0 Å². The van der Waals surface area contributed by atoms with Gasteiger partial charge >= 0.3 is 11.9 Å². The van der Waals surface area contributed by atoms with Gasteiger partial charge in [0, 0.05) is 30.8 Å². The van der Waals surface area contributed by atoms with E-state index in [0.29, 0.717) is 5.57 Å². The molecule has 0 unspecified atom stereocenters. The Labute approximate surface area is 246 Å². The highest BCUT2D eigenvalue weighted by Gasteiger charge is 2.90. The molecule has 0 aromatic rings. The van der Waals surface area contributed by atoms with Crippen LogP contribution in [0.3, 0.4) is 0 Å². The summed E-state index contributed by atoms with van der Waals surface area (Å²) in [5, 5.41) is 34.4. The van der Waals surface area contributed by atoms with Gasteiger partial charge in [0.1, 0.15) is 30.0 Å². The number of carbonyl (C=O) groups is 2. The lowest BCUT2D eigenvalue weighted by atomic mass is 9.53. The molecule has 5 fully saturated rings. The summed E-state index contributed by atoms with van der Waals surface area (Å²) in [6.45, 7) is 12.2. The fraction of sp³-hybridized carbons (Fsp3) is 0.688. The number of Topliss-reactive ketones (excluding diaryl/α,β-unsaturated/α-hetero) is 1. The van der Waals surface area contributed by atoms with Crippen LogP contribution >= 0.6 is 0 Å². The summed E-state index contributed by atoms with van der Waals surface area (Å²) >= 11 is 0. The molecule has 42 heavy (non-hydrogen) atoms. The lowest BCUT2D eigenvalue weighted by Crippen LogP contribution is -2.76. The first kappa shape index (κ1) is 29.9.